The highest BCUT2D eigenvalue weighted by molar-refractivity contribution is 6.00. The number of fused-ring (bicyclic) bond motifs is 1. The van der Waals surface area contributed by atoms with Crippen LogP contribution in [-0.2, 0) is 13.1 Å². The van der Waals surface area contributed by atoms with E-state index in [0.717, 1.165) is 36.3 Å². The second kappa shape index (κ2) is 8.53. The van der Waals surface area contributed by atoms with Crippen molar-refractivity contribution >= 4 is 23.0 Å². The SMILES string of the molecule is C[C@@H]1CN(Cc2ccc3c(c2)cc(C(=O)O)n3C(=O)O)C[C@H](C)N1Cc1ccccc1. The first kappa shape index (κ1) is 21.1. The summed E-state index contributed by atoms with van der Waals surface area (Å²) in [6, 6.07) is 18.2. The molecule has 3 aromatic rings. The molecule has 0 aliphatic carbocycles. The summed E-state index contributed by atoms with van der Waals surface area (Å²) in [6.45, 7) is 8.05. The van der Waals surface area contributed by atoms with Crippen LogP contribution in [0.3, 0.4) is 0 Å². The number of carboxylic acids is 1. The Bertz CT molecular complexity index is 1100. The van der Waals surface area contributed by atoms with Crippen LogP contribution in [0.2, 0.25) is 0 Å². The lowest BCUT2D eigenvalue weighted by molar-refractivity contribution is 0.0290. The maximum atomic E-state index is 11.5. The molecule has 31 heavy (non-hydrogen) atoms. The lowest BCUT2D eigenvalue weighted by Crippen LogP contribution is -2.55. The monoisotopic (exact) mass is 421 g/mol. The first-order valence-corrected chi connectivity index (χ1v) is 10.5. The van der Waals surface area contributed by atoms with Crippen molar-refractivity contribution in [2.24, 2.45) is 0 Å². The molecule has 2 N–H and O–H groups in total. The number of nitrogens with zero attached hydrogens (tertiary/aromatic N) is 3. The van der Waals surface area contributed by atoms with Gasteiger partial charge in [-0.1, -0.05) is 36.4 Å². The third kappa shape index (κ3) is 4.33. The molecule has 1 aliphatic rings. The second-order valence-corrected chi connectivity index (χ2v) is 8.40. The van der Waals surface area contributed by atoms with Gasteiger partial charge < -0.3 is 10.2 Å². The van der Waals surface area contributed by atoms with Crippen LogP contribution in [0.15, 0.2) is 54.6 Å². The summed E-state index contributed by atoms with van der Waals surface area (Å²) >= 11 is 0. The molecule has 1 fully saturated rings. The van der Waals surface area contributed by atoms with E-state index in [1.807, 2.05) is 18.2 Å². The Morgan fingerprint density at radius 3 is 2.19 bits per heavy atom. The van der Waals surface area contributed by atoms with Gasteiger partial charge in [0, 0.05) is 43.6 Å². The Balaban J connectivity index is 1.49. The molecule has 2 heterocycles. The lowest BCUT2D eigenvalue weighted by atomic mass is 10.0. The zero-order chi connectivity index (χ0) is 22.1. The fourth-order valence-corrected chi connectivity index (χ4v) is 4.69. The largest absolute Gasteiger partial charge is 0.477 e. The maximum Gasteiger partial charge on any atom is 0.416 e. The van der Waals surface area contributed by atoms with Crippen LogP contribution in [0.25, 0.3) is 10.9 Å². The van der Waals surface area contributed by atoms with Crippen molar-refractivity contribution < 1.29 is 19.8 Å². The second-order valence-electron chi connectivity index (χ2n) is 8.40. The summed E-state index contributed by atoms with van der Waals surface area (Å²) in [5, 5.41) is 19.4. The van der Waals surface area contributed by atoms with Gasteiger partial charge in [-0.3, -0.25) is 9.80 Å². The third-order valence-electron chi connectivity index (χ3n) is 6.07. The van der Waals surface area contributed by atoms with Crippen LogP contribution in [0.1, 0.15) is 35.5 Å². The highest BCUT2D eigenvalue weighted by Crippen LogP contribution is 2.24. The molecule has 0 spiro atoms. The van der Waals surface area contributed by atoms with E-state index in [1.54, 1.807) is 6.07 Å². The molecule has 162 valence electrons. The summed E-state index contributed by atoms with van der Waals surface area (Å²) in [7, 11) is 0. The van der Waals surface area contributed by atoms with Crippen LogP contribution in [-0.4, -0.2) is 61.8 Å². The fourth-order valence-electron chi connectivity index (χ4n) is 4.69. The molecular weight excluding hydrogens is 394 g/mol. The van der Waals surface area contributed by atoms with Gasteiger partial charge in [-0.25, -0.2) is 14.2 Å². The molecule has 7 heteroatoms. The van der Waals surface area contributed by atoms with Crippen molar-refractivity contribution in [2.45, 2.75) is 39.0 Å². The Morgan fingerprint density at radius 1 is 0.903 bits per heavy atom. The minimum Gasteiger partial charge on any atom is -0.477 e. The zero-order valence-corrected chi connectivity index (χ0v) is 17.7. The van der Waals surface area contributed by atoms with Crippen LogP contribution in [0.5, 0.6) is 0 Å². The van der Waals surface area contributed by atoms with E-state index >= 15 is 0 Å². The predicted molar refractivity (Wildman–Crippen MR) is 119 cm³/mol. The predicted octanol–water partition coefficient (Wildman–Crippen LogP) is 3.96. The molecule has 0 saturated carbocycles. The maximum absolute atomic E-state index is 11.5. The quantitative estimate of drug-likeness (QED) is 0.649. The molecular formula is C24H27N3O4. The van der Waals surface area contributed by atoms with Crippen LogP contribution in [0.4, 0.5) is 4.79 Å². The normalized spacial score (nSPS) is 20.2. The number of hydrogen-bond acceptors (Lipinski definition) is 4. The molecule has 2 atom stereocenters. The number of carbonyl (C=O) groups is 2. The van der Waals surface area contributed by atoms with Gasteiger partial charge in [-0.2, -0.15) is 0 Å². The Morgan fingerprint density at radius 2 is 1.58 bits per heavy atom. The molecule has 1 aromatic heterocycles. The summed E-state index contributed by atoms with van der Waals surface area (Å²) in [5.41, 5.74) is 2.51. The molecule has 0 unspecified atom stereocenters. The van der Waals surface area contributed by atoms with Crippen LogP contribution >= 0.6 is 0 Å². The Labute approximate surface area is 181 Å². The van der Waals surface area contributed by atoms with Crippen LogP contribution < -0.4 is 0 Å². The van der Waals surface area contributed by atoms with E-state index in [0.29, 0.717) is 23.0 Å². The van der Waals surface area contributed by atoms with Crippen molar-refractivity contribution in [1.82, 2.24) is 14.4 Å². The van der Waals surface area contributed by atoms with Crippen molar-refractivity contribution in [1.29, 1.82) is 0 Å². The van der Waals surface area contributed by atoms with Gasteiger partial charge >= 0.3 is 12.1 Å². The standard InChI is InChI=1S/C24H27N3O4/c1-16-12-25(13-17(2)26(16)15-18-6-4-3-5-7-18)14-19-8-9-21-20(10-19)11-22(23(28)29)27(21)24(30)31/h3-11,16-17H,12-15H2,1-2H3,(H,28,29)(H,30,31)/t16-,17+. The summed E-state index contributed by atoms with van der Waals surface area (Å²) in [5.74, 6) is -1.25. The Kier molecular flexibility index (Phi) is 5.80. The van der Waals surface area contributed by atoms with Crippen LogP contribution in [0, 0.1) is 0 Å². The molecule has 4 rings (SSSR count). The molecule has 1 saturated heterocycles. The van der Waals surface area contributed by atoms with Crippen molar-refractivity contribution in [3.8, 4) is 0 Å². The van der Waals surface area contributed by atoms with Gasteiger partial charge in [0.25, 0.3) is 0 Å². The van der Waals surface area contributed by atoms with Gasteiger partial charge in [-0.15, -0.1) is 0 Å². The van der Waals surface area contributed by atoms with Gasteiger partial charge in [0.2, 0.25) is 0 Å². The van der Waals surface area contributed by atoms with E-state index in [-0.39, 0.29) is 5.69 Å². The van der Waals surface area contributed by atoms with Crippen molar-refractivity contribution in [2.75, 3.05) is 13.1 Å². The van der Waals surface area contributed by atoms with E-state index in [2.05, 4.69) is 47.9 Å². The molecule has 0 radical (unpaired) electrons. The number of piperazine rings is 1. The third-order valence-corrected chi connectivity index (χ3v) is 6.07. The van der Waals surface area contributed by atoms with Gasteiger partial charge in [0.15, 0.2) is 0 Å². The number of carboxylic acid groups (broad SMARTS) is 2. The molecule has 7 nitrogen and oxygen atoms in total. The number of hydrogen-bond donors (Lipinski definition) is 2. The highest BCUT2D eigenvalue weighted by atomic mass is 16.4. The van der Waals surface area contributed by atoms with Gasteiger partial charge in [-0.05, 0) is 43.2 Å². The first-order valence-electron chi connectivity index (χ1n) is 10.5. The molecule has 0 amide bonds. The number of benzene rings is 2. The fraction of sp³-hybridized carbons (Fsp3) is 0.333. The van der Waals surface area contributed by atoms with E-state index < -0.39 is 12.1 Å². The molecule has 2 aromatic carbocycles. The van der Waals surface area contributed by atoms with Crippen molar-refractivity contribution in [3.63, 3.8) is 0 Å². The van der Waals surface area contributed by atoms with Crippen molar-refractivity contribution in [3.05, 3.63) is 71.4 Å². The van der Waals surface area contributed by atoms with E-state index in [4.69, 9.17) is 0 Å². The average Bonchev–Trinajstić information content (AvgIpc) is 3.11. The minimum absolute atomic E-state index is 0.239. The number of aromatic carboxylic acids is 1. The topological polar surface area (TPSA) is 86.0 Å². The number of rotatable bonds is 5. The summed E-state index contributed by atoms with van der Waals surface area (Å²) in [6.07, 6.45) is -1.29. The van der Waals surface area contributed by atoms with E-state index in [1.165, 1.54) is 11.6 Å². The van der Waals surface area contributed by atoms with Gasteiger partial charge in [0.05, 0.1) is 5.52 Å². The van der Waals surface area contributed by atoms with Gasteiger partial charge in [0.1, 0.15) is 5.69 Å². The highest BCUT2D eigenvalue weighted by Gasteiger charge is 2.29. The molecule has 1 aliphatic heterocycles. The molecule has 0 bridgehead atoms. The minimum atomic E-state index is -1.29. The average molecular weight is 421 g/mol. The first-order chi connectivity index (χ1) is 14.8. The summed E-state index contributed by atoms with van der Waals surface area (Å²) in [4.78, 5) is 27.9. The zero-order valence-electron chi connectivity index (χ0n) is 17.7. The lowest BCUT2D eigenvalue weighted by Gasteiger charge is -2.44. The number of aromatic nitrogens is 1. The van der Waals surface area contributed by atoms with E-state index in [9.17, 15) is 19.8 Å². The smallest absolute Gasteiger partial charge is 0.416 e. The summed E-state index contributed by atoms with van der Waals surface area (Å²) < 4.78 is 0.827. The Hall–Kier alpha value is -3.16.